The van der Waals surface area contributed by atoms with E-state index in [0.717, 1.165) is 6.26 Å². The van der Waals surface area contributed by atoms with E-state index in [4.69, 9.17) is 0 Å². The minimum atomic E-state index is -5.18. The van der Waals surface area contributed by atoms with Gasteiger partial charge in [0.25, 0.3) is 0 Å². The number of piperazine rings is 1. The summed E-state index contributed by atoms with van der Waals surface area (Å²) in [6.07, 6.45) is -2.82. The number of sulfonamides is 1. The molecule has 1 saturated heterocycles. The van der Waals surface area contributed by atoms with Crippen molar-refractivity contribution < 1.29 is 35.5 Å². The van der Waals surface area contributed by atoms with E-state index in [1.807, 2.05) is 0 Å². The lowest BCUT2D eigenvalue weighted by molar-refractivity contribution is -0.140. The maximum atomic E-state index is 14.6. The van der Waals surface area contributed by atoms with Crippen LogP contribution in [0.25, 0.3) is 22.3 Å². The molecule has 1 fully saturated rings. The first-order valence-corrected chi connectivity index (χ1v) is 11.7. The molecule has 1 aliphatic rings. The Balaban J connectivity index is 1.78. The average molecular weight is 506 g/mol. The number of hydrogen-bond acceptors (Lipinski definition) is 7. The van der Waals surface area contributed by atoms with E-state index in [1.165, 1.54) is 22.2 Å². The lowest BCUT2D eigenvalue weighted by Gasteiger charge is -2.38. The van der Waals surface area contributed by atoms with Crippen molar-refractivity contribution in [3.8, 4) is 17.0 Å². The van der Waals surface area contributed by atoms with Gasteiger partial charge in [-0.15, -0.1) is 0 Å². The Kier molecular flexibility index (Phi) is 5.67. The molecule has 0 spiro atoms. The van der Waals surface area contributed by atoms with Crippen LogP contribution in [0.15, 0.2) is 12.3 Å². The first kappa shape index (κ1) is 24.1. The van der Waals surface area contributed by atoms with Crippen molar-refractivity contribution in [3.63, 3.8) is 0 Å². The summed E-state index contributed by atoms with van der Waals surface area (Å²) >= 11 is 0. The monoisotopic (exact) mass is 506 g/mol. The van der Waals surface area contributed by atoms with Crippen molar-refractivity contribution in [2.45, 2.75) is 19.1 Å². The van der Waals surface area contributed by atoms with E-state index in [9.17, 15) is 35.5 Å². The van der Waals surface area contributed by atoms with E-state index in [2.05, 4.69) is 15.1 Å². The standard InChI is InChI=1S/C19H19F5N6O3S/c1-9-8-29(34(3,32)33)4-5-30(9)18-25-7-11-15(27-28(2)17(11)26-18)10-6-12(19(22,23)24)14(21)16(31)13(10)20/h6-7,9,31H,4-5,8H2,1-3H3/t9-/m1/s1. The molecule has 3 heterocycles. The summed E-state index contributed by atoms with van der Waals surface area (Å²) in [6, 6.07) is -0.0403. The number of halogens is 5. The lowest BCUT2D eigenvalue weighted by atomic mass is 10.0. The summed E-state index contributed by atoms with van der Waals surface area (Å²) in [5.74, 6) is -5.25. The fraction of sp³-hybridized carbons (Fsp3) is 0.421. The number of alkyl halides is 3. The van der Waals surface area contributed by atoms with Crippen molar-refractivity contribution in [1.29, 1.82) is 0 Å². The van der Waals surface area contributed by atoms with Crippen LogP contribution in [0.4, 0.5) is 27.9 Å². The zero-order valence-electron chi connectivity index (χ0n) is 18.1. The fourth-order valence-electron chi connectivity index (χ4n) is 3.89. The molecular formula is C19H19F5N6O3S. The van der Waals surface area contributed by atoms with Gasteiger partial charge in [0.1, 0.15) is 5.69 Å². The molecular weight excluding hydrogens is 487 g/mol. The van der Waals surface area contributed by atoms with Crippen molar-refractivity contribution in [3.05, 3.63) is 29.5 Å². The topological polar surface area (TPSA) is 104 Å². The molecule has 0 amide bonds. The highest BCUT2D eigenvalue weighted by Crippen LogP contribution is 2.41. The Bertz CT molecular complexity index is 1390. The van der Waals surface area contributed by atoms with Gasteiger partial charge in [-0.3, -0.25) is 0 Å². The Morgan fingerprint density at radius 1 is 1.18 bits per heavy atom. The van der Waals surface area contributed by atoms with Crippen LogP contribution >= 0.6 is 0 Å². The molecule has 0 radical (unpaired) electrons. The molecule has 4 rings (SSSR count). The van der Waals surface area contributed by atoms with Crippen molar-refractivity contribution >= 4 is 27.0 Å². The molecule has 2 aromatic heterocycles. The molecule has 0 bridgehead atoms. The van der Waals surface area contributed by atoms with Gasteiger partial charge < -0.3 is 10.0 Å². The molecule has 0 saturated carbocycles. The second-order valence-electron chi connectivity index (χ2n) is 7.99. The molecule has 3 aromatic rings. The maximum Gasteiger partial charge on any atom is 0.419 e. The number of nitrogens with zero attached hydrogens (tertiary/aromatic N) is 6. The van der Waals surface area contributed by atoms with Gasteiger partial charge in [-0.05, 0) is 13.0 Å². The van der Waals surface area contributed by atoms with Crippen LogP contribution in [0.1, 0.15) is 12.5 Å². The molecule has 1 aliphatic heterocycles. The van der Waals surface area contributed by atoms with Crippen LogP contribution in [-0.4, -0.2) is 69.5 Å². The predicted molar refractivity (Wildman–Crippen MR) is 112 cm³/mol. The van der Waals surface area contributed by atoms with E-state index in [0.29, 0.717) is 6.54 Å². The Labute approximate surface area is 190 Å². The van der Waals surface area contributed by atoms with Crippen molar-refractivity contribution in [2.24, 2.45) is 7.05 Å². The fourth-order valence-corrected chi connectivity index (χ4v) is 4.79. The van der Waals surface area contributed by atoms with Crippen LogP contribution < -0.4 is 4.90 Å². The highest BCUT2D eigenvalue weighted by Gasteiger charge is 2.38. The summed E-state index contributed by atoms with van der Waals surface area (Å²) in [5, 5.41) is 13.7. The minimum Gasteiger partial charge on any atom is -0.503 e. The third kappa shape index (κ3) is 4.02. The smallest absolute Gasteiger partial charge is 0.419 e. The largest absolute Gasteiger partial charge is 0.503 e. The van der Waals surface area contributed by atoms with Gasteiger partial charge in [-0.1, -0.05) is 0 Å². The van der Waals surface area contributed by atoms with Gasteiger partial charge in [0.2, 0.25) is 16.0 Å². The van der Waals surface area contributed by atoms with Gasteiger partial charge in [-0.2, -0.15) is 27.6 Å². The van der Waals surface area contributed by atoms with Gasteiger partial charge in [0.15, 0.2) is 23.0 Å². The quantitative estimate of drug-likeness (QED) is 0.545. The second-order valence-corrected chi connectivity index (χ2v) is 9.97. The van der Waals surface area contributed by atoms with Crippen LogP contribution in [0.5, 0.6) is 5.75 Å². The number of aromatic nitrogens is 4. The highest BCUT2D eigenvalue weighted by atomic mass is 32.2. The molecule has 15 heteroatoms. The Morgan fingerprint density at radius 2 is 1.85 bits per heavy atom. The van der Waals surface area contributed by atoms with Crippen LogP contribution in [0.3, 0.4) is 0 Å². The molecule has 0 unspecified atom stereocenters. The molecule has 0 aliphatic carbocycles. The third-order valence-electron chi connectivity index (χ3n) is 5.62. The first-order chi connectivity index (χ1) is 15.7. The number of benzene rings is 1. The summed E-state index contributed by atoms with van der Waals surface area (Å²) in [6.45, 7) is 2.49. The van der Waals surface area contributed by atoms with Crippen LogP contribution in [-0.2, 0) is 23.2 Å². The highest BCUT2D eigenvalue weighted by molar-refractivity contribution is 7.88. The number of aromatic hydroxyl groups is 1. The molecule has 1 atom stereocenters. The number of fused-ring (bicyclic) bond motifs is 1. The summed E-state index contributed by atoms with van der Waals surface area (Å²) in [4.78, 5) is 10.4. The van der Waals surface area contributed by atoms with Gasteiger partial charge in [0.05, 0.1) is 17.2 Å². The minimum absolute atomic E-state index is 0.0757. The third-order valence-corrected chi connectivity index (χ3v) is 6.89. The molecule has 184 valence electrons. The summed E-state index contributed by atoms with van der Waals surface area (Å²) < 4.78 is 94.2. The second kappa shape index (κ2) is 8.01. The first-order valence-electron chi connectivity index (χ1n) is 9.90. The zero-order valence-corrected chi connectivity index (χ0v) is 18.9. The summed E-state index contributed by atoms with van der Waals surface area (Å²) in [5.41, 5.74) is -2.76. The van der Waals surface area contributed by atoms with Crippen LogP contribution in [0.2, 0.25) is 0 Å². The molecule has 1 N–H and O–H groups in total. The number of anilines is 1. The Morgan fingerprint density at radius 3 is 2.44 bits per heavy atom. The number of aryl methyl sites for hydroxylation is 1. The van der Waals surface area contributed by atoms with Crippen molar-refractivity contribution in [2.75, 3.05) is 30.8 Å². The molecule has 34 heavy (non-hydrogen) atoms. The van der Waals surface area contributed by atoms with Crippen molar-refractivity contribution in [1.82, 2.24) is 24.1 Å². The average Bonchev–Trinajstić information content (AvgIpc) is 3.06. The van der Waals surface area contributed by atoms with E-state index in [-0.39, 0.29) is 47.9 Å². The molecule has 9 nitrogen and oxygen atoms in total. The lowest BCUT2D eigenvalue weighted by Crippen LogP contribution is -2.53. The number of hydrogen-bond donors (Lipinski definition) is 1. The van der Waals surface area contributed by atoms with Gasteiger partial charge in [-0.25, -0.2) is 26.9 Å². The maximum absolute atomic E-state index is 14.6. The predicted octanol–water partition coefficient (Wildman–Crippen LogP) is 2.50. The van der Waals surface area contributed by atoms with E-state index < -0.39 is 44.7 Å². The number of phenolic OH excluding ortho intramolecular Hbond substituents is 1. The number of phenols is 1. The SMILES string of the molecule is C[C@@H]1CN(S(C)(=O)=O)CCN1c1ncc2c(-c3cc(C(F)(F)F)c(F)c(O)c3F)nn(C)c2n1. The number of rotatable bonds is 3. The molecule has 1 aromatic carbocycles. The summed E-state index contributed by atoms with van der Waals surface area (Å²) in [7, 11) is -1.94. The van der Waals surface area contributed by atoms with E-state index >= 15 is 0 Å². The van der Waals surface area contributed by atoms with Crippen LogP contribution in [0, 0.1) is 11.6 Å². The Hall–Kier alpha value is -3.07. The van der Waals surface area contributed by atoms with Gasteiger partial charge in [0, 0.05) is 44.5 Å². The van der Waals surface area contributed by atoms with E-state index in [1.54, 1.807) is 11.8 Å². The normalized spacial score (nSPS) is 18.1. The zero-order chi connectivity index (χ0) is 25.2. The van der Waals surface area contributed by atoms with Gasteiger partial charge >= 0.3 is 6.18 Å².